The molecule has 7 heteroatoms. The van der Waals surface area contributed by atoms with Gasteiger partial charge in [-0.25, -0.2) is 4.79 Å². The Kier molecular flexibility index (Phi) is 10.5. The number of aryl methyl sites for hydroxylation is 2. The van der Waals surface area contributed by atoms with Crippen LogP contribution in [0.25, 0.3) is 0 Å². The molecule has 0 spiro atoms. The summed E-state index contributed by atoms with van der Waals surface area (Å²) in [6.45, 7) is 9.89. The van der Waals surface area contributed by atoms with E-state index in [1.165, 1.54) is 5.56 Å². The zero-order chi connectivity index (χ0) is 31.8. The van der Waals surface area contributed by atoms with E-state index in [4.69, 9.17) is 9.84 Å². The number of hydrogen-bond acceptors (Lipinski definition) is 5. The maximum Gasteiger partial charge on any atom is 0.335 e. The van der Waals surface area contributed by atoms with Gasteiger partial charge in [-0.1, -0.05) is 48.5 Å². The topological polar surface area (TPSA) is 82.1 Å². The predicted octanol–water partition coefficient (Wildman–Crippen LogP) is 7.47. The molecule has 1 aliphatic heterocycles. The van der Waals surface area contributed by atoms with Crippen LogP contribution < -0.4 is 15.0 Å². The average molecular weight is 606 g/mol. The lowest BCUT2D eigenvalue weighted by molar-refractivity contribution is 0.0696. The van der Waals surface area contributed by atoms with Crippen molar-refractivity contribution in [1.82, 2.24) is 10.2 Å². The summed E-state index contributed by atoms with van der Waals surface area (Å²) in [5.41, 5.74) is 5.46. The van der Waals surface area contributed by atoms with Gasteiger partial charge in [0.15, 0.2) is 0 Å². The number of carbonyl (C=O) groups is 2. The summed E-state index contributed by atoms with van der Waals surface area (Å²) in [4.78, 5) is 29.1. The van der Waals surface area contributed by atoms with Crippen molar-refractivity contribution in [3.8, 4) is 11.5 Å². The van der Waals surface area contributed by atoms with E-state index >= 15 is 0 Å². The zero-order valence-electron chi connectivity index (χ0n) is 26.4. The standard InChI is InChI=1S/C38H43N3O4/c1-27-8-7-9-28(2)36(27)37(42)39-29(3)20-23-40-24-21-33(22-25-40)41(26-30-10-5-4-6-11-30)32-14-18-35(19-15-32)45-34-16-12-31(13-17-34)38(43)44/h4-19,29,33H,20-26H2,1-3H3,(H,39,42)(H,43,44). The molecule has 5 rings (SSSR count). The predicted molar refractivity (Wildman–Crippen MR) is 179 cm³/mol. The number of likely N-dealkylation sites (tertiary alicyclic amines) is 1. The minimum atomic E-state index is -0.956. The Morgan fingerprint density at radius 3 is 2.07 bits per heavy atom. The van der Waals surface area contributed by atoms with Crippen molar-refractivity contribution in [2.45, 2.75) is 58.7 Å². The molecule has 45 heavy (non-hydrogen) atoms. The SMILES string of the molecule is Cc1cccc(C)c1C(=O)NC(C)CCN1CCC(N(Cc2ccccc2)c2ccc(Oc3ccc(C(=O)O)cc3)cc2)CC1. The second-order valence-corrected chi connectivity index (χ2v) is 12.0. The third-order valence-electron chi connectivity index (χ3n) is 8.66. The van der Waals surface area contributed by atoms with Gasteiger partial charge in [0.25, 0.3) is 5.91 Å². The Labute approximate surface area is 266 Å². The minimum Gasteiger partial charge on any atom is -0.478 e. The first kappa shape index (κ1) is 31.8. The van der Waals surface area contributed by atoms with Gasteiger partial charge in [0.2, 0.25) is 0 Å². The van der Waals surface area contributed by atoms with E-state index < -0.39 is 5.97 Å². The highest BCUT2D eigenvalue weighted by atomic mass is 16.5. The van der Waals surface area contributed by atoms with Crippen molar-refractivity contribution in [3.05, 3.63) is 125 Å². The molecule has 1 saturated heterocycles. The second kappa shape index (κ2) is 14.9. The molecular formula is C38H43N3O4. The number of hydrogen-bond donors (Lipinski definition) is 2. The third-order valence-corrected chi connectivity index (χ3v) is 8.66. The van der Waals surface area contributed by atoms with Crippen molar-refractivity contribution in [3.63, 3.8) is 0 Å². The molecule has 0 aliphatic carbocycles. The molecule has 0 saturated carbocycles. The number of carboxylic acids is 1. The number of rotatable bonds is 12. The second-order valence-electron chi connectivity index (χ2n) is 12.0. The fraction of sp³-hybridized carbons (Fsp3) is 0.316. The Hall–Kier alpha value is -4.62. The van der Waals surface area contributed by atoms with Crippen LogP contribution in [0, 0.1) is 13.8 Å². The summed E-state index contributed by atoms with van der Waals surface area (Å²) in [7, 11) is 0. The summed E-state index contributed by atoms with van der Waals surface area (Å²) >= 11 is 0. The van der Waals surface area contributed by atoms with Crippen LogP contribution in [0.1, 0.15) is 63.6 Å². The molecule has 1 unspecified atom stereocenters. The van der Waals surface area contributed by atoms with Crippen molar-refractivity contribution in [2.24, 2.45) is 0 Å². The number of ether oxygens (including phenoxy) is 1. The van der Waals surface area contributed by atoms with Crippen molar-refractivity contribution < 1.29 is 19.4 Å². The van der Waals surface area contributed by atoms with Crippen molar-refractivity contribution >= 4 is 17.6 Å². The van der Waals surface area contributed by atoms with Gasteiger partial charge in [0.05, 0.1) is 5.56 Å². The molecule has 1 atom stereocenters. The summed E-state index contributed by atoms with van der Waals surface area (Å²) < 4.78 is 5.99. The number of carbonyl (C=O) groups excluding carboxylic acids is 1. The largest absolute Gasteiger partial charge is 0.478 e. The van der Waals surface area contributed by atoms with Crippen LogP contribution in [0.5, 0.6) is 11.5 Å². The van der Waals surface area contributed by atoms with Crippen LogP contribution in [-0.4, -0.2) is 53.6 Å². The molecule has 4 aromatic rings. The van der Waals surface area contributed by atoms with Gasteiger partial charge < -0.3 is 25.0 Å². The minimum absolute atomic E-state index is 0.0147. The molecule has 4 aromatic carbocycles. The molecule has 1 fully saturated rings. The van der Waals surface area contributed by atoms with E-state index in [0.717, 1.165) is 67.8 Å². The van der Waals surface area contributed by atoms with Crippen LogP contribution in [0.15, 0.2) is 97.1 Å². The summed E-state index contributed by atoms with van der Waals surface area (Å²) in [6.07, 6.45) is 3.03. The highest BCUT2D eigenvalue weighted by Gasteiger charge is 2.26. The van der Waals surface area contributed by atoms with Crippen molar-refractivity contribution in [2.75, 3.05) is 24.5 Å². The Balaban J connectivity index is 1.18. The van der Waals surface area contributed by atoms with E-state index in [1.54, 1.807) is 24.3 Å². The molecule has 1 heterocycles. The summed E-state index contributed by atoms with van der Waals surface area (Å²) in [5, 5.41) is 12.4. The van der Waals surface area contributed by atoms with Gasteiger partial charge in [0, 0.05) is 49.5 Å². The third kappa shape index (κ3) is 8.52. The summed E-state index contributed by atoms with van der Waals surface area (Å²) in [5.74, 6) is 0.360. The quantitative estimate of drug-likeness (QED) is 0.174. The number of anilines is 1. The molecule has 0 radical (unpaired) electrons. The number of aromatic carboxylic acids is 1. The van der Waals surface area contributed by atoms with Gasteiger partial charge in [0.1, 0.15) is 11.5 Å². The number of nitrogens with one attached hydrogen (secondary N) is 1. The number of carboxylic acid groups (broad SMARTS) is 1. The number of amides is 1. The van der Waals surface area contributed by atoms with Gasteiger partial charge in [-0.2, -0.15) is 0 Å². The van der Waals surface area contributed by atoms with Crippen molar-refractivity contribution in [1.29, 1.82) is 0 Å². The average Bonchev–Trinajstić information content (AvgIpc) is 3.04. The maximum absolute atomic E-state index is 12.9. The normalized spacial score (nSPS) is 14.5. The fourth-order valence-electron chi connectivity index (χ4n) is 6.09. The summed E-state index contributed by atoms with van der Waals surface area (Å²) in [6, 6.07) is 31.6. The Bertz CT molecular complexity index is 1540. The van der Waals surface area contributed by atoms with Gasteiger partial charge in [-0.15, -0.1) is 0 Å². The van der Waals surface area contributed by atoms with Gasteiger partial charge in [-0.05, 0) is 105 Å². The van der Waals surface area contributed by atoms with Crippen LogP contribution in [0.4, 0.5) is 5.69 Å². The van der Waals surface area contributed by atoms with E-state index in [-0.39, 0.29) is 17.5 Å². The molecular weight excluding hydrogens is 562 g/mol. The maximum atomic E-state index is 12.9. The van der Waals surface area contributed by atoms with Gasteiger partial charge >= 0.3 is 5.97 Å². The smallest absolute Gasteiger partial charge is 0.335 e. The van der Waals surface area contributed by atoms with Crippen LogP contribution in [-0.2, 0) is 6.54 Å². The van der Waals surface area contributed by atoms with E-state index in [9.17, 15) is 9.59 Å². The lowest BCUT2D eigenvalue weighted by Crippen LogP contribution is -2.46. The van der Waals surface area contributed by atoms with E-state index in [1.807, 2.05) is 50.2 Å². The zero-order valence-corrected chi connectivity index (χ0v) is 26.4. The van der Waals surface area contributed by atoms with Crippen LogP contribution >= 0.6 is 0 Å². The Morgan fingerprint density at radius 1 is 0.867 bits per heavy atom. The molecule has 1 aliphatic rings. The highest BCUT2D eigenvalue weighted by Crippen LogP contribution is 2.30. The first-order valence-electron chi connectivity index (χ1n) is 15.8. The number of benzene rings is 4. The Morgan fingerprint density at radius 2 is 1.47 bits per heavy atom. The molecule has 0 aromatic heterocycles. The molecule has 1 amide bonds. The number of piperidine rings is 1. The fourth-order valence-corrected chi connectivity index (χ4v) is 6.09. The van der Waals surface area contributed by atoms with E-state index in [0.29, 0.717) is 17.5 Å². The first-order valence-corrected chi connectivity index (χ1v) is 15.8. The highest BCUT2D eigenvalue weighted by molar-refractivity contribution is 5.97. The van der Waals surface area contributed by atoms with Crippen LogP contribution in [0.3, 0.4) is 0 Å². The van der Waals surface area contributed by atoms with E-state index in [2.05, 4.69) is 58.4 Å². The number of nitrogens with zero attached hydrogens (tertiary/aromatic N) is 2. The lowest BCUT2D eigenvalue weighted by atomic mass is 10.00. The first-order chi connectivity index (χ1) is 21.8. The lowest BCUT2D eigenvalue weighted by Gasteiger charge is -2.40. The molecule has 7 nitrogen and oxygen atoms in total. The molecule has 234 valence electrons. The monoisotopic (exact) mass is 605 g/mol. The van der Waals surface area contributed by atoms with Crippen LogP contribution in [0.2, 0.25) is 0 Å². The van der Waals surface area contributed by atoms with Gasteiger partial charge in [-0.3, -0.25) is 4.79 Å². The molecule has 0 bridgehead atoms. The molecule has 2 N–H and O–H groups in total.